The van der Waals surface area contributed by atoms with Crippen LogP contribution in [0, 0.1) is 11.3 Å². The topological polar surface area (TPSA) is 139 Å². The van der Waals surface area contributed by atoms with Gasteiger partial charge in [-0.25, -0.2) is 8.78 Å². The predicted molar refractivity (Wildman–Crippen MR) is 139 cm³/mol. The van der Waals surface area contributed by atoms with Crippen molar-refractivity contribution in [2.75, 3.05) is 0 Å². The van der Waals surface area contributed by atoms with E-state index in [1.54, 1.807) is 6.07 Å². The Morgan fingerprint density at radius 1 is 1.10 bits per heavy atom. The molecule has 2 heterocycles. The van der Waals surface area contributed by atoms with Gasteiger partial charge in [0.1, 0.15) is 16.7 Å². The second-order valence-corrected chi connectivity index (χ2v) is 11.2. The molecule has 206 valence electrons. The summed E-state index contributed by atoms with van der Waals surface area (Å²) >= 11 is 0. The van der Waals surface area contributed by atoms with Gasteiger partial charge >= 0.3 is 0 Å². The SMILES string of the molecule is CC1(c2ccc3cc(C(=O)NC4(C(=O)NC5(C#N)CC5)CCC(F)(F)CC4)oc3c2)C=CC(n2ncnn2)=CC1. The van der Waals surface area contributed by atoms with E-state index in [4.69, 9.17) is 4.42 Å². The number of halogens is 2. The van der Waals surface area contributed by atoms with Gasteiger partial charge in [-0.15, -0.1) is 15.0 Å². The van der Waals surface area contributed by atoms with Crippen molar-refractivity contribution in [1.82, 2.24) is 30.8 Å². The number of hydrogen-bond acceptors (Lipinski definition) is 7. The van der Waals surface area contributed by atoms with Crippen molar-refractivity contribution in [3.63, 3.8) is 0 Å². The number of nitriles is 1. The highest BCUT2D eigenvalue weighted by atomic mass is 19.3. The zero-order chi connectivity index (χ0) is 28.2. The highest BCUT2D eigenvalue weighted by Crippen LogP contribution is 2.41. The largest absolute Gasteiger partial charge is 0.451 e. The Bertz CT molecular complexity index is 1590. The molecule has 2 N–H and O–H groups in total. The highest BCUT2D eigenvalue weighted by Gasteiger charge is 2.53. The molecule has 0 saturated heterocycles. The number of fused-ring (bicyclic) bond motifs is 1. The lowest BCUT2D eigenvalue weighted by Crippen LogP contribution is -2.62. The Morgan fingerprint density at radius 2 is 1.88 bits per heavy atom. The summed E-state index contributed by atoms with van der Waals surface area (Å²) in [5, 5.41) is 27.2. The molecular formula is C28H27F2N7O3. The molecule has 0 aliphatic heterocycles. The van der Waals surface area contributed by atoms with E-state index < -0.39 is 41.7 Å². The summed E-state index contributed by atoms with van der Waals surface area (Å²) < 4.78 is 33.9. The number of amides is 2. The summed E-state index contributed by atoms with van der Waals surface area (Å²) in [5.74, 6) is -4.22. The van der Waals surface area contributed by atoms with E-state index in [2.05, 4.69) is 45.1 Å². The molecule has 3 aliphatic rings. The number of nitrogens with zero attached hydrogens (tertiary/aromatic N) is 5. The number of rotatable bonds is 6. The molecule has 6 rings (SSSR count). The predicted octanol–water partition coefficient (Wildman–Crippen LogP) is 4.03. The van der Waals surface area contributed by atoms with Gasteiger partial charge in [0.25, 0.3) is 5.91 Å². The second kappa shape index (κ2) is 9.08. The van der Waals surface area contributed by atoms with Crippen LogP contribution in [-0.4, -0.2) is 49.0 Å². The minimum absolute atomic E-state index is 0.0261. The van der Waals surface area contributed by atoms with Crippen molar-refractivity contribution in [2.45, 2.75) is 74.3 Å². The van der Waals surface area contributed by atoms with E-state index in [-0.39, 0.29) is 24.0 Å². The number of carbonyl (C=O) groups excluding carboxylic acids is 2. The fourth-order valence-electron chi connectivity index (χ4n) is 5.33. The van der Waals surface area contributed by atoms with Crippen molar-refractivity contribution in [3.8, 4) is 6.07 Å². The average molecular weight is 548 g/mol. The van der Waals surface area contributed by atoms with Crippen LogP contribution in [0.1, 0.15) is 68.0 Å². The molecule has 12 heteroatoms. The number of tetrazole rings is 1. The van der Waals surface area contributed by atoms with Crippen LogP contribution < -0.4 is 10.6 Å². The quantitative estimate of drug-likeness (QED) is 0.475. The van der Waals surface area contributed by atoms with Gasteiger partial charge in [-0.2, -0.15) is 5.26 Å². The molecule has 1 aromatic carbocycles. The van der Waals surface area contributed by atoms with Crippen LogP contribution in [0.25, 0.3) is 16.7 Å². The first-order valence-electron chi connectivity index (χ1n) is 13.2. The maximum atomic E-state index is 14.0. The van der Waals surface area contributed by atoms with E-state index in [1.165, 1.54) is 11.1 Å². The molecular weight excluding hydrogens is 520 g/mol. The monoisotopic (exact) mass is 547 g/mol. The molecule has 0 bridgehead atoms. The van der Waals surface area contributed by atoms with E-state index in [0.717, 1.165) is 11.3 Å². The second-order valence-electron chi connectivity index (χ2n) is 11.2. The van der Waals surface area contributed by atoms with Crippen LogP contribution in [0.4, 0.5) is 8.78 Å². The Kier molecular flexibility index (Phi) is 5.87. The van der Waals surface area contributed by atoms with Crippen molar-refractivity contribution < 1.29 is 22.8 Å². The van der Waals surface area contributed by atoms with Crippen LogP contribution in [0.3, 0.4) is 0 Å². The first-order valence-corrected chi connectivity index (χ1v) is 13.2. The number of carbonyl (C=O) groups is 2. The Morgan fingerprint density at radius 3 is 2.50 bits per heavy atom. The molecule has 2 aromatic heterocycles. The smallest absolute Gasteiger partial charge is 0.287 e. The molecule has 0 radical (unpaired) electrons. The first kappa shape index (κ1) is 25.9. The fraction of sp³-hybridized carbons (Fsp3) is 0.429. The number of alkyl halides is 2. The number of benzene rings is 1. The van der Waals surface area contributed by atoms with Crippen LogP contribution in [-0.2, 0) is 10.2 Å². The lowest BCUT2D eigenvalue weighted by Gasteiger charge is -2.39. The van der Waals surface area contributed by atoms with Crippen molar-refractivity contribution in [2.24, 2.45) is 0 Å². The van der Waals surface area contributed by atoms with Crippen molar-refractivity contribution in [1.29, 1.82) is 5.26 Å². The molecule has 40 heavy (non-hydrogen) atoms. The van der Waals surface area contributed by atoms with Gasteiger partial charge in [0.2, 0.25) is 11.8 Å². The number of aromatic nitrogens is 4. The van der Waals surface area contributed by atoms with E-state index in [0.29, 0.717) is 30.2 Å². The Balaban J connectivity index is 1.22. The average Bonchev–Trinajstić information content (AvgIpc) is 3.31. The molecule has 3 aliphatic carbocycles. The molecule has 1 atom stereocenters. The minimum atomic E-state index is -2.91. The van der Waals surface area contributed by atoms with Gasteiger partial charge in [0.15, 0.2) is 12.1 Å². The minimum Gasteiger partial charge on any atom is -0.451 e. The maximum Gasteiger partial charge on any atom is 0.287 e. The van der Waals surface area contributed by atoms with Crippen LogP contribution >= 0.6 is 0 Å². The van der Waals surface area contributed by atoms with Crippen LogP contribution in [0.5, 0.6) is 0 Å². The van der Waals surface area contributed by atoms with Gasteiger partial charge in [0, 0.05) is 23.6 Å². The summed E-state index contributed by atoms with van der Waals surface area (Å²) in [5.41, 5.74) is -0.623. The third kappa shape index (κ3) is 4.65. The van der Waals surface area contributed by atoms with E-state index in [9.17, 15) is 23.6 Å². The number of hydrogen-bond donors (Lipinski definition) is 2. The zero-order valence-corrected chi connectivity index (χ0v) is 21.8. The number of furan rings is 1. The number of nitrogens with one attached hydrogen (secondary N) is 2. The third-order valence-electron chi connectivity index (χ3n) is 8.28. The molecule has 2 amide bonds. The first-order chi connectivity index (χ1) is 19.0. The molecule has 0 spiro atoms. The summed E-state index contributed by atoms with van der Waals surface area (Å²) in [6.45, 7) is 2.08. The normalized spacial score (nSPS) is 24.1. The summed E-state index contributed by atoms with van der Waals surface area (Å²) in [6, 6.07) is 9.34. The van der Waals surface area contributed by atoms with Gasteiger partial charge in [-0.3, -0.25) is 9.59 Å². The molecule has 3 aromatic rings. The lowest BCUT2D eigenvalue weighted by molar-refractivity contribution is -0.133. The molecule has 2 fully saturated rings. The van der Waals surface area contributed by atoms with Gasteiger partial charge in [-0.1, -0.05) is 31.2 Å². The fourth-order valence-corrected chi connectivity index (χ4v) is 5.33. The zero-order valence-electron chi connectivity index (χ0n) is 21.8. The summed E-state index contributed by atoms with van der Waals surface area (Å²) in [4.78, 5) is 28.0. The number of allylic oxidation sites excluding steroid dienone is 4. The third-order valence-corrected chi connectivity index (χ3v) is 8.28. The van der Waals surface area contributed by atoms with Gasteiger partial charge < -0.3 is 15.1 Å². The van der Waals surface area contributed by atoms with Gasteiger partial charge in [0.05, 0.1) is 11.8 Å². The molecule has 10 nitrogen and oxygen atoms in total. The molecule has 2 saturated carbocycles. The van der Waals surface area contributed by atoms with Crippen LogP contribution in [0.15, 0.2) is 53.2 Å². The van der Waals surface area contributed by atoms with Gasteiger partial charge in [-0.05, 0) is 61.1 Å². The molecule has 1 unspecified atom stereocenters. The van der Waals surface area contributed by atoms with Crippen LogP contribution in [0.2, 0.25) is 0 Å². The maximum absolute atomic E-state index is 14.0. The standard InChI is InChI=1S/C28H27F2N7O3/c1-25(6-4-20(5-7-25)37-33-17-32-36-37)19-3-2-18-14-22(40-21(18)15-19)23(38)34-27(10-12-28(29,30)13-11-27)24(39)35-26(16-31)8-9-26/h2-6,14-15,17H,7-13H2,1H3,(H,34,38)(H,35,39). The highest BCUT2D eigenvalue weighted by molar-refractivity contribution is 6.00. The lowest BCUT2D eigenvalue weighted by atomic mass is 9.77. The van der Waals surface area contributed by atoms with Crippen molar-refractivity contribution in [3.05, 3.63) is 60.1 Å². The summed E-state index contributed by atoms with van der Waals surface area (Å²) in [6.07, 6.45) is 7.45. The Hall–Kier alpha value is -4.40. The Labute approximate surface area is 228 Å². The summed E-state index contributed by atoms with van der Waals surface area (Å²) in [7, 11) is 0. The van der Waals surface area contributed by atoms with E-state index in [1.807, 2.05) is 30.4 Å². The van der Waals surface area contributed by atoms with Crippen molar-refractivity contribution >= 4 is 28.5 Å². The van der Waals surface area contributed by atoms with E-state index >= 15 is 0 Å².